The highest BCUT2D eigenvalue weighted by Gasteiger charge is 2.16. The predicted molar refractivity (Wildman–Crippen MR) is 77.4 cm³/mol. The number of aromatic nitrogens is 3. The molecule has 0 aliphatic heterocycles. The Hall–Kier alpha value is -1.39. The summed E-state index contributed by atoms with van der Waals surface area (Å²) in [7, 11) is 1.96. The summed E-state index contributed by atoms with van der Waals surface area (Å²) in [6.07, 6.45) is 2.40. The molecule has 1 heterocycles. The van der Waals surface area contributed by atoms with E-state index >= 15 is 0 Å². The Kier molecular flexibility index (Phi) is 4.56. The molecule has 0 spiro atoms. The second kappa shape index (κ2) is 6.17. The molecule has 19 heavy (non-hydrogen) atoms. The molecule has 102 valence electrons. The number of likely N-dealkylation sites (N-methyl/N-ethyl adjacent to an activating group) is 1. The highest BCUT2D eigenvalue weighted by atomic mass is 35.5. The van der Waals surface area contributed by atoms with Crippen LogP contribution >= 0.6 is 11.6 Å². The highest BCUT2D eigenvalue weighted by molar-refractivity contribution is 6.31. The van der Waals surface area contributed by atoms with Crippen molar-refractivity contribution in [3.05, 3.63) is 46.5 Å². The third-order valence-corrected chi connectivity index (χ3v) is 3.82. The molecule has 4 nitrogen and oxygen atoms in total. The quantitative estimate of drug-likeness (QED) is 0.914. The number of rotatable bonds is 5. The van der Waals surface area contributed by atoms with Gasteiger partial charge >= 0.3 is 0 Å². The van der Waals surface area contributed by atoms with E-state index < -0.39 is 0 Å². The lowest BCUT2D eigenvalue weighted by molar-refractivity contribution is 0.532. The van der Waals surface area contributed by atoms with Gasteiger partial charge in [-0.05, 0) is 38.1 Å². The second-order valence-corrected chi connectivity index (χ2v) is 4.90. The molecule has 0 aliphatic carbocycles. The zero-order valence-corrected chi connectivity index (χ0v) is 12.3. The van der Waals surface area contributed by atoms with E-state index in [-0.39, 0.29) is 6.04 Å². The number of aryl methyl sites for hydroxylation is 1. The maximum absolute atomic E-state index is 6.19. The summed E-state index contributed by atoms with van der Waals surface area (Å²) in [4.78, 5) is 4.33. The molecule has 1 atom stereocenters. The lowest BCUT2D eigenvalue weighted by atomic mass is 9.98. The molecule has 1 aromatic heterocycles. The van der Waals surface area contributed by atoms with Gasteiger partial charge in [0, 0.05) is 24.0 Å². The van der Waals surface area contributed by atoms with Crippen LogP contribution in [0.3, 0.4) is 0 Å². The SMILES string of the molecule is CCn1ncnc1CC(NC)c1cccc(Cl)c1C. The summed E-state index contributed by atoms with van der Waals surface area (Å²) in [6.45, 7) is 4.95. The summed E-state index contributed by atoms with van der Waals surface area (Å²) >= 11 is 6.19. The van der Waals surface area contributed by atoms with E-state index in [4.69, 9.17) is 11.6 Å². The first kappa shape index (κ1) is 14.0. The third kappa shape index (κ3) is 2.96. The molecule has 2 aromatic rings. The van der Waals surface area contributed by atoms with Gasteiger partial charge in [-0.2, -0.15) is 5.10 Å². The van der Waals surface area contributed by atoms with Crippen molar-refractivity contribution in [2.45, 2.75) is 32.9 Å². The van der Waals surface area contributed by atoms with Crippen molar-refractivity contribution in [2.75, 3.05) is 7.05 Å². The summed E-state index contributed by atoms with van der Waals surface area (Å²) in [5, 5.41) is 8.34. The molecule has 0 fully saturated rings. The van der Waals surface area contributed by atoms with E-state index in [1.807, 2.05) is 30.8 Å². The zero-order valence-electron chi connectivity index (χ0n) is 11.5. The normalized spacial score (nSPS) is 12.6. The molecule has 0 amide bonds. The van der Waals surface area contributed by atoms with Gasteiger partial charge in [0.1, 0.15) is 12.2 Å². The fourth-order valence-corrected chi connectivity index (χ4v) is 2.44. The maximum atomic E-state index is 6.19. The fraction of sp³-hybridized carbons (Fsp3) is 0.429. The monoisotopic (exact) mass is 278 g/mol. The average Bonchev–Trinajstić information content (AvgIpc) is 2.87. The van der Waals surface area contributed by atoms with E-state index in [0.29, 0.717) is 0 Å². The Morgan fingerprint density at radius 1 is 1.42 bits per heavy atom. The molecular weight excluding hydrogens is 260 g/mol. The van der Waals surface area contributed by atoms with Gasteiger partial charge in [0.05, 0.1) is 0 Å². The lowest BCUT2D eigenvalue weighted by Crippen LogP contribution is -2.22. The molecule has 2 rings (SSSR count). The largest absolute Gasteiger partial charge is 0.313 e. The van der Waals surface area contributed by atoms with E-state index in [9.17, 15) is 0 Å². The minimum atomic E-state index is 0.188. The summed E-state index contributed by atoms with van der Waals surface area (Å²) in [5.41, 5.74) is 2.33. The predicted octanol–water partition coefficient (Wildman–Crippen LogP) is 2.76. The smallest absolute Gasteiger partial charge is 0.138 e. The molecule has 0 radical (unpaired) electrons. The van der Waals surface area contributed by atoms with E-state index in [1.54, 1.807) is 6.33 Å². The standard InChI is InChI=1S/C14H19ClN4/c1-4-19-14(17-9-18-19)8-13(16-3)11-6-5-7-12(15)10(11)2/h5-7,9,13,16H,4,8H2,1-3H3. The molecule has 1 aromatic carbocycles. The summed E-state index contributed by atoms with van der Waals surface area (Å²) in [5.74, 6) is 0.987. The minimum absolute atomic E-state index is 0.188. The first-order chi connectivity index (χ1) is 9.17. The number of nitrogens with zero attached hydrogens (tertiary/aromatic N) is 3. The maximum Gasteiger partial charge on any atom is 0.138 e. The highest BCUT2D eigenvalue weighted by Crippen LogP contribution is 2.25. The Labute approximate surface area is 118 Å². The topological polar surface area (TPSA) is 42.7 Å². The van der Waals surface area contributed by atoms with Crippen molar-refractivity contribution in [3.63, 3.8) is 0 Å². The van der Waals surface area contributed by atoms with Crippen molar-refractivity contribution in [2.24, 2.45) is 0 Å². The molecule has 1 N–H and O–H groups in total. The molecule has 5 heteroatoms. The number of hydrogen-bond donors (Lipinski definition) is 1. The van der Waals surface area contributed by atoms with Crippen molar-refractivity contribution >= 4 is 11.6 Å². The molecule has 1 unspecified atom stereocenters. The summed E-state index contributed by atoms with van der Waals surface area (Å²) in [6, 6.07) is 6.20. The van der Waals surface area contributed by atoms with Crippen LogP contribution in [-0.2, 0) is 13.0 Å². The van der Waals surface area contributed by atoms with E-state index in [0.717, 1.165) is 29.4 Å². The Morgan fingerprint density at radius 2 is 2.21 bits per heavy atom. The first-order valence-corrected chi connectivity index (χ1v) is 6.84. The Balaban J connectivity index is 2.28. The van der Waals surface area contributed by atoms with Crippen LogP contribution in [0.5, 0.6) is 0 Å². The Morgan fingerprint density at radius 3 is 2.89 bits per heavy atom. The molecule has 0 aliphatic rings. The zero-order chi connectivity index (χ0) is 13.8. The van der Waals surface area contributed by atoms with Crippen molar-refractivity contribution in [1.29, 1.82) is 0 Å². The van der Waals surface area contributed by atoms with E-state index in [1.165, 1.54) is 5.56 Å². The van der Waals surface area contributed by atoms with Crippen LogP contribution in [0.2, 0.25) is 5.02 Å². The number of nitrogens with one attached hydrogen (secondary N) is 1. The molecule has 0 saturated heterocycles. The summed E-state index contributed by atoms with van der Waals surface area (Å²) < 4.78 is 1.92. The number of benzene rings is 1. The lowest BCUT2D eigenvalue weighted by Gasteiger charge is -2.19. The molecule has 0 bridgehead atoms. The number of hydrogen-bond acceptors (Lipinski definition) is 3. The van der Waals surface area contributed by atoms with Crippen molar-refractivity contribution < 1.29 is 0 Å². The molecule has 0 saturated carbocycles. The second-order valence-electron chi connectivity index (χ2n) is 4.49. The van der Waals surface area contributed by atoms with Gasteiger partial charge in [-0.1, -0.05) is 23.7 Å². The van der Waals surface area contributed by atoms with Crippen LogP contribution in [0.25, 0.3) is 0 Å². The van der Waals surface area contributed by atoms with Crippen LogP contribution < -0.4 is 5.32 Å². The van der Waals surface area contributed by atoms with Crippen LogP contribution in [0.4, 0.5) is 0 Å². The van der Waals surface area contributed by atoms with Crippen LogP contribution in [-0.4, -0.2) is 21.8 Å². The van der Waals surface area contributed by atoms with Crippen molar-refractivity contribution in [1.82, 2.24) is 20.1 Å². The van der Waals surface area contributed by atoms with Gasteiger partial charge in [0.15, 0.2) is 0 Å². The van der Waals surface area contributed by atoms with Crippen LogP contribution in [0.1, 0.15) is 29.9 Å². The fourth-order valence-electron chi connectivity index (χ4n) is 2.26. The average molecular weight is 279 g/mol. The Bertz CT molecular complexity index is 550. The van der Waals surface area contributed by atoms with Crippen molar-refractivity contribution in [3.8, 4) is 0 Å². The first-order valence-electron chi connectivity index (χ1n) is 6.46. The number of halogens is 1. The minimum Gasteiger partial charge on any atom is -0.313 e. The third-order valence-electron chi connectivity index (χ3n) is 3.42. The van der Waals surface area contributed by atoms with E-state index in [2.05, 4.69) is 28.4 Å². The van der Waals surface area contributed by atoms with Gasteiger partial charge in [-0.25, -0.2) is 4.98 Å². The van der Waals surface area contributed by atoms with Gasteiger partial charge in [-0.15, -0.1) is 0 Å². The van der Waals surface area contributed by atoms with Crippen LogP contribution in [0.15, 0.2) is 24.5 Å². The van der Waals surface area contributed by atoms with Crippen LogP contribution in [0, 0.1) is 6.92 Å². The van der Waals surface area contributed by atoms with Gasteiger partial charge in [-0.3, -0.25) is 4.68 Å². The molecular formula is C14H19ClN4. The van der Waals surface area contributed by atoms with Gasteiger partial charge < -0.3 is 5.32 Å². The van der Waals surface area contributed by atoms with Gasteiger partial charge in [0.25, 0.3) is 0 Å². The van der Waals surface area contributed by atoms with Gasteiger partial charge in [0.2, 0.25) is 0 Å².